The zero-order valence-corrected chi connectivity index (χ0v) is 17.2. The van der Waals surface area contributed by atoms with Crippen LogP contribution in [0.1, 0.15) is 64.7 Å². The van der Waals surface area contributed by atoms with Crippen LogP contribution in [0.25, 0.3) is 0 Å². The Labute approximate surface area is 166 Å². The van der Waals surface area contributed by atoms with Crippen molar-refractivity contribution >= 4 is 18.6 Å². The Kier molecular flexibility index (Phi) is 20.3. The number of thiol groups is 1. The van der Waals surface area contributed by atoms with E-state index in [1.54, 1.807) is 0 Å². The van der Waals surface area contributed by atoms with Gasteiger partial charge in [0.05, 0.1) is 6.61 Å². The lowest BCUT2D eigenvalue weighted by atomic mass is 10.2. The lowest BCUT2D eigenvalue weighted by Crippen LogP contribution is -2.05. The van der Waals surface area contributed by atoms with E-state index in [0.29, 0.717) is 13.0 Å². The Morgan fingerprint density at radius 3 is 1.77 bits per heavy atom. The molecule has 0 radical (unpaired) electrons. The number of rotatable bonds is 16. The van der Waals surface area contributed by atoms with Crippen LogP contribution in [-0.4, -0.2) is 18.3 Å². The highest BCUT2D eigenvalue weighted by atomic mass is 32.1. The molecule has 0 atom stereocenters. The smallest absolute Gasteiger partial charge is 0.305 e. The van der Waals surface area contributed by atoms with Crippen LogP contribution in [-0.2, 0) is 9.53 Å². The number of carbonyl (C=O) groups is 1. The molecular weight excluding hydrogens is 340 g/mol. The lowest BCUT2D eigenvalue weighted by molar-refractivity contribution is -0.143. The largest absolute Gasteiger partial charge is 0.466 e. The van der Waals surface area contributed by atoms with Gasteiger partial charge in [0.1, 0.15) is 0 Å². The van der Waals surface area contributed by atoms with Crippen LogP contribution in [0, 0.1) is 0 Å². The van der Waals surface area contributed by atoms with Gasteiger partial charge in [-0.05, 0) is 57.1 Å². The fourth-order valence-corrected chi connectivity index (χ4v) is 2.21. The van der Waals surface area contributed by atoms with Crippen molar-refractivity contribution in [2.75, 3.05) is 12.4 Å². The molecule has 0 fully saturated rings. The minimum atomic E-state index is -0.108. The van der Waals surface area contributed by atoms with Crippen LogP contribution in [0.5, 0.6) is 0 Å². The van der Waals surface area contributed by atoms with Gasteiger partial charge in [0, 0.05) is 6.42 Å². The lowest BCUT2D eigenvalue weighted by Gasteiger charge is -2.02. The standard InChI is InChI=1S/C23H36O2S/c1-2-3-4-5-6-7-8-9-10-11-12-13-14-15-16-17-18-21-25-23(24)20-19-22-26/h3-4,6-7,9-10,12-13,15-16,26H,2,5,8,11,14,17-22H2,1H3/b4-3-,7-6-,10-9-,13-12-,16-15-. The zero-order valence-electron chi connectivity index (χ0n) is 16.3. The van der Waals surface area contributed by atoms with E-state index >= 15 is 0 Å². The summed E-state index contributed by atoms with van der Waals surface area (Å²) in [5.74, 6) is 0.623. The third-order valence-corrected chi connectivity index (χ3v) is 3.79. The van der Waals surface area contributed by atoms with E-state index in [0.717, 1.165) is 57.1 Å². The highest BCUT2D eigenvalue weighted by molar-refractivity contribution is 7.80. The number of esters is 1. The second-order valence-corrected chi connectivity index (χ2v) is 6.35. The fraction of sp³-hybridized carbons (Fsp3) is 0.522. The first-order valence-corrected chi connectivity index (χ1v) is 10.5. The van der Waals surface area contributed by atoms with Crippen LogP contribution in [0.15, 0.2) is 60.8 Å². The first-order valence-electron chi connectivity index (χ1n) is 9.82. The summed E-state index contributed by atoms with van der Waals surface area (Å²) in [6, 6.07) is 0. The molecule has 0 bridgehead atoms. The molecule has 0 amide bonds. The molecule has 146 valence electrons. The molecule has 0 aliphatic rings. The quantitative estimate of drug-likeness (QED) is 0.139. The van der Waals surface area contributed by atoms with Gasteiger partial charge in [-0.15, -0.1) is 0 Å². The Morgan fingerprint density at radius 2 is 1.27 bits per heavy atom. The molecule has 0 saturated heterocycles. The maximum atomic E-state index is 11.3. The molecule has 0 rings (SSSR count). The van der Waals surface area contributed by atoms with Crippen LogP contribution >= 0.6 is 12.6 Å². The number of unbranched alkanes of at least 4 members (excludes halogenated alkanes) is 1. The van der Waals surface area contributed by atoms with Gasteiger partial charge in [-0.3, -0.25) is 4.79 Å². The number of allylic oxidation sites excluding steroid dienone is 10. The van der Waals surface area contributed by atoms with Crippen molar-refractivity contribution in [3.05, 3.63) is 60.8 Å². The molecule has 0 aliphatic carbocycles. The number of hydrogen-bond acceptors (Lipinski definition) is 3. The minimum absolute atomic E-state index is 0.108. The third-order valence-electron chi connectivity index (χ3n) is 3.47. The topological polar surface area (TPSA) is 26.3 Å². The van der Waals surface area contributed by atoms with Crippen LogP contribution in [0.3, 0.4) is 0 Å². The molecule has 0 aromatic heterocycles. The van der Waals surface area contributed by atoms with Gasteiger partial charge in [-0.2, -0.15) is 12.6 Å². The van der Waals surface area contributed by atoms with Gasteiger partial charge in [0.2, 0.25) is 0 Å². The Balaban J connectivity index is 3.46. The van der Waals surface area contributed by atoms with Crippen molar-refractivity contribution in [2.24, 2.45) is 0 Å². The predicted molar refractivity (Wildman–Crippen MR) is 118 cm³/mol. The van der Waals surface area contributed by atoms with Gasteiger partial charge < -0.3 is 4.74 Å². The summed E-state index contributed by atoms with van der Waals surface area (Å²) < 4.78 is 5.13. The van der Waals surface area contributed by atoms with Crippen LogP contribution < -0.4 is 0 Å². The number of carbonyl (C=O) groups excluding carboxylic acids is 1. The van der Waals surface area contributed by atoms with Crippen molar-refractivity contribution in [1.29, 1.82) is 0 Å². The van der Waals surface area contributed by atoms with Gasteiger partial charge in [-0.25, -0.2) is 0 Å². The van der Waals surface area contributed by atoms with Gasteiger partial charge in [-0.1, -0.05) is 67.7 Å². The van der Waals surface area contributed by atoms with E-state index in [1.165, 1.54) is 0 Å². The molecule has 0 aromatic carbocycles. The Morgan fingerprint density at radius 1 is 0.769 bits per heavy atom. The van der Waals surface area contributed by atoms with Gasteiger partial charge in [0.25, 0.3) is 0 Å². The zero-order chi connectivity index (χ0) is 19.1. The second kappa shape index (κ2) is 21.6. The molecule has 0 aliphatic heterocycles. The van der Waals surface area contributed by atoms with Crippen molar-refractivity contribution < 1.29 is 9.53 Å². The van der Waals surface area contributed by atoms with E-state index in [2.05, 4.69) is 80.3 Å². The van der Waals surface area contributed by atoms with E-state index in [9.17, 15) is 4.79 Å². The summed E-state index contributed by atoms with van der Waals surface area (Å²) >= 11 is 4.07. The molecule has 0 unspecified atom stereocenters. The first kappa shape index (κ1) is 24.5. The maximum absolute atomic E-state index is 11.3. The van der Waals surface area contributed by atoms with Crippen molar-refractivity contribution in [1.82, 2.24) is 0 Å². The highest BCUT2D eigenvalue weighted by Gasteiger charge is 2.00. The number of hydrogen-bond donors (Lipinski definition) is 1. The van der Waals surface area contributed by atoms with E-state index in [-0.39, 0.29) is 5.97 Å². The average Bonchev–Trinajstić information content (AvgIpc) is 2.65. The molecule has 2 nitrogen and oxygen atoms in total. The second-order valence-electron chi connectivity index (χ2n) is 5.90. The average molecular weight is 377 g/mol. The van der Waals surface area contributed by atoms with Gasteiger partial charge in [0.15, 0.2) is 0 Å². The summed E-state index contributed by atoms with van der Waals surface area (Å²) in [6.07, 6.45) is 30.1. The molecule has 0 N–H and O–H groups in total. The SMILES string of the molecule is CC/C=C\C/C=C\C/C=C\C/C=C\C/C=C\CCCOC(=O)CCCS. The summed E-state index contributed by atoms with van der Waals surface area (Å²) in [4.78, 5) is 11.3. The molecule has 0 aromatic rings. The molecule has 0 saturated carbocycles. The van der Waals surface area contributed by atoms with Crippen molar-refractivity contribution in [3.8, 4) is 0 Å². The summed E-state index contributed by atoms with van der Waals surface area (Å²) in [5.41, 5.74) is 0. The monoisotopic (exact) mass is 376 g/mol. The first-order chi connectivity index (χ1) is 12.8. The maximum Gasteiger partial charge on any atom is 0.305 e. The van der Waals surface area contributed by atoms with Crippen LogP contribution in [0.4, 0.5) is 0 Å². The Bertz CT molecular complexity index is 459. The summed E-state index contributed by atoms with van der Waals surface area (Å²) in [7, 11) is 0. The Hall–Kier alpha value is -1.48. The van der Waals surface area contributed by atoms with Crippen LogP contribution in [0.2, 0.25) is 0 Å². The van der Waals surface area contributed by atoms with E-state index in [4.69, 9.17) is 4.74 Å². The molecule has 26 heavy (non-hydrogen) atoms. The molecule has 0 spiro atoms. The normalized spacial score (nSPS) is 12.5. The summed E-state index contributed by atoms with van der Waals surface area (Å²) in [6.45, 7) is 2.67. The molecule has 0 heterocycles. The highest BCUT2D eigenvalue weighted by Crippen LogP contribution is 1.99. The van der Waals surface area contributed by atoms with Gasteiger partial charge >= 0.3 is 5.97 Å². The molecule has 3 heteroatoms. The van der Waals surface area contributed by atoms with E-state index < -0.39 is 0 Å². The van der Waals surface area contributed by atoms with E-state index in [1.807, 2.05) is 0 Å². The van der Waals surface area contributed by atoms with Crippen molar-refractivity contribution in [3.63, 3.8) is 0 Å². The summed E-state index contributed by atoms with van der Waals surface area (Å²) in [5, 5.41) is 0. The minimum Gasteiger partial charge on any atom is -0.466 e. The predicted octanol–water partition coefficient (Wildman–Crippen LogP) is 6.77. The third kappa shape index (κ3) is 20.6. The van der Waals surface area contributed by atoms with Crippen molar-refractivity contribution in [2.45, 2.75) is 64.7 Å². The number of ether oxygens (including phenoxy) is 1. The molecular formula is C23H36O2S. The fourth-order valence-electron chi connectivity index (χ4n) is 2.05.